The average molecular weight is 365 g/mol. The number of rotatable bonds is 5. The van der Waals surface area contributed by atoms with Crippen molar-refractivity contribution in [1.82, 2.24) is 14.6 Å². The molecule has 0 fully saturated rings. The van der Waals surface area contributed by atoms with E-state index >= 15 is 0 Å². The average Bonchev–Trinajstić information content (AvgIpc) is 3.09. The number of aromatic nitrogens is 3. The van der Waals surface area contributed by atoms with Crippen molar-refractivity contribution in [3.05, 3.63) is 59.7 Å². The van der Waals surface area contributed by atoms with Crippen LogP contribution < -0.4 is 9.47 Å². The van der Waals surface area contributed by atoms with Crippen LogP contribution in [0.3, 0.4) is 0 Å². The van der Waals surface area contributed by atoms with E-state index in [1.54, 1.807) is 26.0 Å². The van der Waals surface area contributed by atoms with Crippen LogP contribution in [0, 0.1) is 6.92 Å². The van der Waals surface area contributed by atoms with Crippen LogP contribution >= 0.6 is 11.8 Å². The number of fused-ring (bicyclic) bond motifs is 3. The van der Waals surface area contributed by atoms with Gasteiger partial charge in [0.25, 0.3) is 0 Å². The molecule has 2 aromatic carbocycles. The molecule has 0 unspecified atom stereocenters. The zero-order chi connectivity index (χ0) is 18.1. The fourth-order valence-corrected chi connectivity index (χ4v) is 3.93. The van der Waals surface area contributed by atoms with Crippen molar-refractivity contribution in [2.75, 3.05) is 14.2 Å². The van der Waals surface area contributed by atoms with E-state index in [-0.39, 0.29) is 0 Å². The van der Waals surface area contributed by atoms with E-state index in [0.717, 1.165) is 33.6 Å². The van der Waals surface area contributed by atoms with Gasteiger partial charge >= 0.3 is 0 Å². The molecule has 0 radical (unpaired) electrons. The first-order valence-electron chi connectivity index (χ1n) is 8.28. The van der Waals surface area contributed by atoms with Crippen LogP contribution in [0.1, 0.15) is 11.1 Å². The first kappa shape index (κ1) is 16.7. The molecule has 26 heavy (non-hydrogen) atoms. The zero-order valence-corrected chi connectivity index (χ0v) is 15.7. The maximum Gasteiger partial charge on any atom is 0.196 e. The van der Waals surface area contributed by atoms with Gasteiger partial charge in [0.1, 0.15) is 11.5 Å². The Balaban J connectivity index is 1.76. The van der Waals surface area contributed by atoms with Crippen LogP contribution in [0.15, 0.2) is 53.7 Å². The Morgan fingerprint density at radius 1 is 0.962 bits per heavy atom. The van der Waals surface area contributed by atoms with Gasteiger partial charge in [-0.3, -0.25) is 4.40 Å². The van der Waals surface area contributed by atoms with Crippen LogP contribution in [0.4, 0.5) is 0 Å². The van der Waals surface area contributed by atoms with Crippen molar-refractivity contribution in [2.24, 2.45) is 0 Å². The monoisotopic (exact) mass is 365 g/mol. The summed E-state index contributed by atoms with van der Waals surface area (Å²) in [6, 6.07) is 16.2. The van der Waals surface area contributed by atoms with Crippen LogP contribution in [-0.2, 0) is 5.75 Å². The summed E-state index contributed by atoms with van der Waals surface area (Å²) in [6.07, 6.45) is 0. The largest absolute Gasteiger partial charge is 0.497 e. The first-order chi connectivity index (χ1) is 12.7. The molecule has 4 rings (SSSR count). The number of thioether (sulfide) groups is 1. The summed E-state index contributed by atoms with van der Waals surface area (Å²) < 4.78 is 12.8. The van der Waals surface area contributed by atoms with Gasteiger partial charge in [-0.05, 0) is 48.4 Å². The number of ether oxygens (including phenoxy) is 2. The third-order valence-corrected chi connectivity index (χ3v) is 5.38. The van der Waals surface area contributed by atoms with Crippen molar-refractivity contribution in [2.45, 2.75) is 17.8 Å². The minimum atomic E-state index is 0.789. The van der Waals surface area contributed by atoms with Gasteiger partial charge in [0.05, 0.1) is 19.7 Å². The van der Waals surface area contributed by atoms with Gasteiger partial charge in [-0.25, -0.2) is 0 Å². The Labute approximate surface area is 156 Å². The Bertz CT molecular complexity index is 1090. The van der Waals surface area contributed by atoms with Crippen molar-refractivity contribution >= 4 is 28.3 Å². The minimum absolute atomic E-state index is 0.789. The molecule has 0 atom stereocenters. The molecule has 0 aliphatic heterocycles. The van der Waals surface area contributed by atoms with Crippen molar-refractivity contribution in [1.29, 1.82) is 0 Å². The summed E-state index contributed by atoms with van der Waals surface area (Å²) in [4.78, 5) is 0. The molecule has 4 aromatic rings. The molecule has 0 saturated heterocycles. The molecule has 0 aliphatic carbocycles. The van der Waals surface area contributed by atoms with Gasteiger partial charge in [-0.2, -0.15) is 0 Å². The number of methoxy groups -OCH3 is 2. The lowest BCUT2D eigenvalue weighted by molar-refractivity contribution is 0.414. The van der Waals surface area contributed by atoms with Gasteiger partial charge in [0, 0.05) is 17.2 Å². The lowest BCUT2D eigenvalue weighted by Gasteiger charge is -2.09. The summed E-state index contributed by atoms with van der Waals surface area (Å²) in [7, 11) is 3.36. The smallest absolute Gasteiger partial charge is 0.196 e. The van der Waals surface area contributed by atoms with Gasteiger partial charge in [-0.15, -0.1) is 10.2 Å². The predicted molar refractivity (Wildman–Crippen MR) is 104 cm³/mol. The van der Waals surface area contributed by atoms with E-state index in [4.69, 9.17) is 9.47 Å². The Morgan fingerprint density at radius 2 is 1.77 bits per heavy atom. The van der Waals surface area contributed by atoms with Crippen molar-refractivity contribution in [3.8, 4) is 11.5 Å². The summed E-state index contributed by atoms with van der Waals surface area (Å²) in [5.74, 6) is 2.47. The van der Waals surface area contributed by atoms with E-state index in [2.05, 4.69) is 39.7 Å². The molecule has 0 spiro atoms. The molecular weight excluding hydrogens is 346 g/mol. The number of hydrogen-bond acceptors (Lipinski definition) is 5. The summed E-state index contributed by atoms with van der Waals surface area (Å²) in [5.41, 5.74) is 4.25. The second-order valence-electron chi connectivity index (χ2n) is 6.03. The van der Waals surface area contributed by atoms with E-state index in [1.165, 1.54) is 16.5 Å². The standard InChI is InChI=1S/C20H19N3O2S/c1-13-9-19-21-22-20(26-12-14-5-4-6-15(10-14)24-2)23(19)18-11-16(25-3)7-8-17(13)18/h4-11H,12H2,1-3H3. The number of nitrogens with zero attached hydrogens (tertiary/aromatic N) is 3. The summed E-state index contributed by atoms with van der Waals surface area (Å²) in [5, 5.41) is 10.8. The Morgan fingerprint density at radius 3 is 2.58 bits per heavy atom. The van der Waals surface area contributed by atoms with E-state index in [1.807, 2.05) is 30.3 Å². The molecule has 5 nitrogen and oxygen atoms in total. The second kappa shape index (κ2) is 6.88. The van der Waals surface area contributed by atoms with E-state index < -0.39 is 0 Å². The molecule has 6 heteroatoms. The number of benzene rings is 2. The third kappa shape index (κ3) is 2.97. The molecule has 0 saturated carbocycles. The molecule has 2 aromatic heterocycles. The summed E-state index contributed by atoms with van der Waals surface area (Å²) in [6.45, 7) is 2.09. The SMILES string of the molecule is COc1cccc(CSc2nnc3cc(C)c4ccc(OC)cc4n23)c1. The second-order valence-corrected chi connectivity index (χ2v) is 6.97. The molecule has 2 heterocycles. The number of hydrogen-bond donors (Lipinski definition) is 0. The third-order valence-electron chi connectivity index (χ3n) is 4.38. The van der Waals surface area contributed by atoms with Gasteiger partial charge < -0.3 is 9.47 Å². The highest BCUT2D eigenvalue weighted by molar-refractivity contribution is 7.98. The highest BCUT2D eigenvalue weighted by atomic mass is 32.2. The lowest BCUT2D eigenvalue weighted by atomic mass is 10.1. The molecule has 0 aliphatic rings. The van der Waals surface area contributed by atoms with Crippen LogP contribution in [0.5, 0.6) is 11.5 Å². The molecule has 0 amide bonds. The topological polar surface area (TPSA) is 48.7 Å². The molecule has 0 bridgehead atoms. The highest BCUT2D eigenvalue weighted by Gasteiger charge is 2.12. The molecule has 0 N–H and O–H groups in total. The maximum absolute atomic E-state index is 5.41. The van der Waals surface area contributed by atoms with Crippen molar-refractivity contribution < 1.29 is 9.47 Å². The van der Waals surface area contributed by atoms with E-state index in [0.29, 0.717) is 0 Å². The summed E-state index contributed by atoms with van der Waals surface area (Å²) >= 11 is 1.66. The predicted octanol–water partition coefficient (Wildman–Crippen LogP) is 4.50. The van der Waals surface area contributed by atoms with Crippen molar-refractivity contribution in [3.63, 3.8) is 0 Å². The fourth-order valence-electron chi connectivity index (χ4n) is 3.03. The minimum Gasteiger partial charge on any atom is -0.497 e. The van der Waals surface area contributed by atoms with E-state index in [9.17, 15) is 0 Å². The fraction of sp³-hybridized carbons (Fsp3) is 0.200. The number of pyridine rings is 1. The maximum atomic E-state index is 5.41. The van der Waals surface area contributed by atoms with Crippen LogP contribution in [0.2, 0.25) is 0 Å². The lowest BCUT2D eigenvalue weighted by Crippen LogP contribution is -1.95. The normalized spacial score (nSPS) is 11.2. The van der Waals surface area contributed by atoms with Crippen LogP contribution in [0.25, 0.3) is 16.6 Å². The van der Waals surface area contributed by atoms with Gasteiger partial charge in [0.2, 0.25) is 0 Å². The Hall–Kier alpha value is -2.73. The molecular formula is C20H19N3O2S. The number of aryl methyl sites for hydroxylation is 1. The van der Waals surface area contributed by atoms with Gasteiger partial charge in [-0.1, -0.05) is 23.9 Å². The first-order valence-corrected chi connectivity index (χ1v) is 9.26. The Kier molecular flexibility index (Phi) is 4.42. The van der Waals surface area contributed by atoms with Crippen LogP contribution in [-0.4, -0.2) is 28.8 Å². The zero-order valence-electron chi connectivity index (χ0n) is 14.9. The van der Waals surface area contributed by atoms with Gasteiger partial charge in [0.15, 0.2) is 10.8 Å². The highest BCUT2D eigenvalue weighted by Crippen LogP contribution is 2.30. The molecule has 132 valence electrons. The quantitative estimate of drug-likeness (QED) is 0.487.